The molecule has 2 heterocycles. The van der Waals surface area contributed by atoms with E-state index < -0.39 is 0 Å². The van der Waals surface area contributed by atoms with E-state index in [9.17, 15) is 9.59 Å². The van der Waals surface area contributed by atoms with E-state index in [-0.39, 0.29) is 11.8 Å². The highest BCUT2D eigenvalue weighted by Crippen LogP contribution is 2.27. The molecular weight excluding hydrogens is 370 g/mol. The number of piperazine rings is 1. The standard InChI is InChI=1S/C19H22ClN3O4/c1-26-16-5-4-14(20)13-15(16)21-18(24)6-7-22-8-10-23(11-9-22)19(25)17-3-2-12-27-17/h2-5,12-13H,6-11H2,1H3,(H,21,24). The minimum Gasteiger partial charge on any atom is -0.495 e. The number of rotatable bonds is 6. The Morgan fingerprint density at radius 1 is 1.22 bits per heavy atom. The third kappa shape index (κ3) is 5.02. The number of ether oxygens (including phenoxy) is 1. The minimum absolute atomic E-state index is 0.0922. The predicted molar refractivity (Wildman–Crippen MR) is 102 cm³/mol. The van der Waals surface area contributed by atoms with Gasteiger partial charge in [0.05, 0.1) is 19.1 Å². The third-order valence-electron chi connectivity index (χ3n) is 4.48. The van der Waals surface area contributed by atoms with Gasteiger partial charge in [0.25, 0.3) is 5.91 Å². The molecule has 1 fully saturated rings. The maximum atomic E-state index is 12.3. The number of hydrogen-bond acceptors (Lipinski definition) is 5. The van der Waals surface area contributed by atoms with Crippen LogP contribution in [0.2, 0.25) is 5.02 Å². The van der Waals surface area contributed by atoms with Crippen LogP contribution in [0.15, 0.2) is 41.0 Å². The lowest BCUT2D eigenvalue weighted by atomic mass is 10.2. The van der Waals surface area contributed by atoms with Crippen molar-refractivity contribution >= 4 is 29.1 Å². The van der Waals surface area contributed by atoms with Crippen molar-refractivity contribution in [3.8, 4) is 5.75 Å². The lowest BCUT2D eigenvalue weighted by molar-refractivity contribution is -0.116. The highest BCUT2D eigenvalue weighted by Gasteiger charge is 2.23. The van der Waals surface area contributed by atoms with Gasteiger partial charge in [-0.1, -0.05) is 11.6 Å². The molecule has 0 saturated carbocycles. The smallest absolute Gasteiger partial charge is 0.289 e. The van der Waals surface area contributed by atoms with Gasteiger partial charge in [0.2, 0.25) is 5.91 Å². The maximum absolute atomic E-state index is 12.3. The third-order valence-corrected chi connectivity index (χ3v) is 4.72. The van der Waals surface area contributed by atoms with E-state index in [0.717, 1.165) is 13.1 Å². The Balaban J connectivity index is 1.44. The SMILES string of the molecule is COc1ccc(Cl)cc1NC(=O)CCN1CCN(C(=O)c2ccco2)CC1. The molecule has 0 spiro atoms. The molecule has 1 N–H and O–H groups in total. The zero-order chi connectivity index (χ0) is 19.2. The number of carbonyl (C=O) groups is 2. The average molecular weight is 392 g/mol. The van der Waals surface area contributed by atoms with Crippen LogP contribution in [-0.4, -0.2) is 61.4 Å². The maximum Gasteiger partial charge on any atom is 0.289 e. The quantitative estimate of drug-likeness (QED) is 0.819. The van der Waals surface area contributed by atoms with Crippen molar-refractivity contribution in [3.63, 3.8) is 0 Å². The molecule has 0 radical (unpaired) electrons. The van der Waals surface area contributed by atoms with Crippen molar-refractivity contribution in [3.05, 3.63) is 47.4 Å². The first kappa shape index (κ1) is 19.3. The summed E-state index contributed by atoms with van der Waals surface area (Å²) >= 11 is 5.98. The second kappa shape index (κ2) is 8.92. The monoisotopic (exact) mass is 391 g/mol. The van der Waals surface area contributed by atoms with Gasteiger partial charge in [0.15, 0.2) is 5.76 Å². The summed E-state index contributed by atoms with van der Waals surface area (Å²) in [6, 6.07) is 8.46. The van der Waals surface area contributed by atoms with E-state index in [1.54, 1.807) is 42.3 Å². The number of halogens is 1. The normalized spacial score (nSPS) is 14.8. The van der Waals surface area contributed by atoms with Crippen LogP contribution >= 0.6 is 11.6 Å². The average Bonchev–Trinajstić information content (AvgIpc) is 3.21. The molecule has 1 aromatic carbocycles. The van der Waals surface area contributed by atoms with Crippen LogP contribution in [0.25, 0.3) is 0 Å². The van der Waals surface area contributed by atoms with Crippen molar-refractivity contribution in [1.82, 2.24) is 9.80 Å². The summed E-state index contributed by atoms with van der Waals surface area (Å²) in [4.78, 5) is 28.4. The Hall–Kier alpha value is -2.51. The number of nitrogens with zero attached hydrogens (tertiary/aromatic N) is 2. The lowest BCUT2D eigenvalue weighted by Crippen LogP contribution is -2.49. The van der Waals surface area contributed by atoms with E-state index in [2.05, 4.69) is 10.2 Å². The van der Waals surface area contributed by atoms with Gasteiger partial charge in [-0.05, 0) is 30.3 Å². The van der Waals surface area contributed by atoms with Crippen LogP contribution in [0.3, 0.4) is 0 Å². The van der Waals surface area contributed by atoms with Crippen molar-refractivity contribution in [2.75, 3.05) is 45.2 Å². The van der Waals surface area contributed by atoms with Crippen LogP contribution in [-0.2, 0) is 4.79 Å². The summed E-state index contributed by atoms with van der Waals surface area (Å²) in [5, 5.41) is 3.37. The number of benzene rings is 1. The first-order valence-electron chi connectivity index (χ1n) is 8.75. The molecule has 7 nitrogen and oxygen atoms in total. The van der Waals surface area contributed by atoms with Gasteiger partial charge >= 0.3 is 0 Å². The van der Waals surface area contributed by atoms with Gasteiger partial charge in [-0.25, -0.2) is 0 Å². The highest BCUT2D eigenvalue weighted by molar-refractivity contribution is 6.31. The molecule has 27 heavy (non-hydrogen) atoms. The first-order chi connectivity index (χ1) is 13.1. The molecule has 2 aromatic rings. The molecule has 1 aromatic heterocycles. The Morgan fingerprint density at radius 2 is 2.00 bits per heavy atom. The predicted octanol–water partition coefficient (Wildman–Crippen LogP) is 2.73. The zero-order valence-corrected chi connectivity index (χ0v) is 15.9. The fourth-order valence-corrected chi connectivity index (χ4v) is 3.15. The molecular formula is C19H22ClN3O4. The molecule has 0 atom stereocenters. The number of carbonyl (C=O) groups excluding carboxylic acids is 2. The van der Waals surface area contributed by atoms with E-state index in [1.165, 1.54) is 6.26 Å². The van der Waals surface area contributed by atoms with Crippen LogP contribution in [0.4, 0.5) is 5.69 Å². The Bertz CT molecular complexity index is 786. The summed E-state index contributed by atoms with van der Waals surface area (Å²) in [6.07, 6.45) is 1.85. The topological polar surface area (TPSA) is 75.0 Å². The van der Waals surface area contributed by atoms with Crippen molar-refractivity contribution in [2.24, 2.45) is 0 Å². The van der Waals surface area contributed by atoms with Crippen molar-refractivity contribution < 1.29 is 18.7 Å². The molecule has 0 unspecified atom stereocenters. The van der Waals surface area contributed by atoms with E-state index in [0.29, 0.717) is 48.3 Å². The van der Waals surface area contributed by atoms with Crippen molar-refractivity contribution in [1.29, 1.82) is 0 Å². The summed E-state index contributed by atoms with van der Waals surface area (Å²) in [6.45, 7) is 3.30. The minimum atomic E-state index is -0.107. The zero-order valence-electron chi connectivity index (χ0n) is 15.1. The fraction of sp³-hybridized carbons (Fsp3) is 0.368. The summed E-state index contributed by atoms with van der Waals surface area (Å²) in [5.74, 6) is 0.728. The van der Waals surface area contributed by atoms with Crippen LogP contribution in [0, 0.1) is 0 Å². The summed E-state index contributed by atoms with van der Waals surface area (Å²) in [5.41, 5.74) is 0.559. The first-order valence-corrected chi connectivity index (χ1v) is 9.13. The molecule has 8 heteroatoms. The van der Waals surface area contributed by atoms with E-state index in [1.807, 2.05) is 0 Å². The van der Waals surface area contributed by atoms with Gasteiger partial charge in [0.1, 0.15) is 5.75 Å². The van der Waals surface area contributed by atoms with Crippen LogP contribution in [0.1, 0.15) is 17.0 Å². The lowest BCUT2D eigenvalue weighted by Gasteiger charge is -2.34. The summed E-state index contributed by atoms with van der Waals surface area (Å²) in [7, 11) is 1.54. The number of methoxy groups -OCH3 is 1. The Labute approximate surface area is 162 Å². The van der Waals surface area contributed by atoms with Gasteiger partial charge in [0, 0.05) is 44.2 Å². The number of anilines is 1. The second-order valence-electron chi connectivity index (χ2n) is 6.25. The molecule has 1 saturated heterocycles. The molecule has 1 aliphatic rings. The largest absolute Gasteiger partial charge is 0.495 e. The second-order valence-corrected chi connectivity index (χ2v) is 6.69. The van der Waals surface area contributed by atoms with Gasteiger partial charge in [-0.3, -0.25) is 14.5 Å². The Morgan fingerprint density at radius 3 is 2.67 bits per heavy atom. The molecule has 2 amide bonds. The van der Waals surface area contributed by atoms with Gasteiger partial charge in [-0.2, -0.15) is 0 Å². The Kier molecular flexibility index (Phi) is 6.36. The number of amides is 2. The number of hydrogen-bond donors (Lipinski definition) is 1. The molecule has 0 aliphatic carbocycles. The molecule has 1 aliphatic heterocycles. The van der Waals surface area contributed by atoms with Crippen LogP contribution < -0.4 is 10.1 Å². The van der Waals surface area contributed by atoms with Crippen LogP contribution in [0.5, 0.6) is 5.75 Å². The highest BCUT2D eigenvalue weighted by atomic mass is 35.5. The van der Waals surface area contributed by atoms with Crippen molar-refractivity contribution in [2.45, 2.75) is 6.42 Å². The number of nitrogens with one attached hydrogen (secondary N) is 1. The molecule has 0 bridgehead atoms. The van der Waals surface area contributed by atoms with Gasteiger partial charge < -0.3 is 19.4 Å². The number of furan rings is 1. The fourth-order valence-electron chi connectivity index (χ4n) is 2.98. The summed E-state index contributed by atoms with van der Waals surface area (Å²) < 4.78 is 10.4. The van der Waals surface area contributed by atoms with E-state index in [4.69, 9.17) is 20.8 Å². The van der Waals surface area contributed by atoms with Gasteiger partial charge in [-0.15, -0.1) is 0 Å². The van der Waals surface area contributed by atoms with E-state index >= 15 is 0 Å². The molecule has 3 rings (SSSR count). The molecule has 144 valence electrons.